The summed E-state index contributed by atoms with van der Waals surface area (Å²) in [6, 6.07) is 11.9. The van der Waals surface area contributed by atoms with Gasteiger partial charge in [0, 0.05) is 69.2 Å². The highest BCUT2D eigenvalue weighted by atomic mass is 16.5. The monoisotopic (exact) mass is 530 g/mol. The highest BCUT2D eigenvalue weighted by molar-refractivity contribution is 5.89. The van der Waals surface area contributed by atoms with Crippen molar-refractivity contribution < 1.29 is 9.84 Å². The summed E-state index contributed by atoms with van der Waals surface area (Å²) in [5.41, 5.74) is 11.3. The van der Waals surface area contributed by atoms with Crippen LogP contribution in [-0.4, -0.2) is 76.3 Å². The van der Waals surface area contributed by atoms with E-state index in [0.29, 0.717) is 24.7 Å². The van der Waals surface area contributed by atoms with E-state index in [1.807, 2.05) is 50.2 Å². The first-order valence-electron chi connectivity index (χ1n) is 13.1. The predicted molar refractivity (Wildman–Crippen MR) is 159 cm³/mol. The van der Waals surface area contributed by atoms with Crippen LogP contribution in [0.3, 0.4) is 0 Å². The molecule has 3 aromatic heterocycles. The van der Waals surface area contributed by atoms with Gasteiger partial charge < -0.3 is 25.0 Å². The quantitative estimate of drug-likeness (QED) is 0.358. The molecule has 39 heavy (non-hydrogen) atoms. The third-order valence-electron chi connectivity index (χ3n) is 6.00. The molecular weight excluding hydrogens is 492 g/mol. The van der Waals surface area contributed by atoms with E-state index < -0.39 is 0 Å². The summed E-state index contributed by atoms with van der Waals surface area (Å²) in [6.45, 7) is 9.63. The number of pyridine rings is 1. The zero-order valence-electron chi connectivity index (χ0n) is 23.4. The lowest BCUT2D eigenvalue weighted by molar-refractivity contribution is 0.122. The van der Waals surface area contributed by atoms with Crippen LogP contribution in [0.4, 0.5) is 5.82 Å². The minimum Gasteiger partial charge on any atom is -0.400 e. The van der Waals surface area contributed by atoms with Crippen molar-refractivity contribution in [1.82, 2.24) is 24.5 Å². The van der Waals surface area contributed by atoms with E-state index in [1.54, 1.807) is 31.7 Å². The molecule has 0 bridgehead atoms. The second-order valence-electron chi connectivity index (χ2n) is 8.17. The number of rotatable bonds is 6. The fourth-order valence-corrected chi connectivity index (χ4v) is 4.22. The Kier molecular flexibility index (Phi) is 11.1. The third-order valence-corrected chi connectivity index (χ3v) is 6.00. The SMILES string of the molecule is CC.CCn1c(-c2ccncc2)nc2c(N3CCOCC3)nc(-c3cccc(/C(N)=C/C=NC)c3)nc21.CO. The number of benzene rings is 1. The van der Waals surface area contributed by atoms with Crippen LogP contribution in [0.15, 0.2) is 59.9 Å². The molecule has 10 nitrogen and oxygen atoms in total. The first kappa shape index (κ1) is 29.4. The average molecular weight is 531 g/mol. The Morgan fingerprint density at radius 1 is 1.05 bits per heavy atom. The Morgan fingerprint density at radius 2 is 1.77 bits per heavy atom. The molecule has 0 aliphatic carbocycles. The zero-order valence-corrected chi connectivity index (χ0v) is 23.4. The van der Waals surface area contributed by atoms with Crippen molar-refractivity contribution in [2.24, 2.45) is 10.7 Å². The largest absolute Gasteiger partial charge is 0.400 e. The van der Waals surface area contributed by atoms with Crippen LogP contribution in [0.5, 0.6) is 0 Å². The smallest absolute Gasteiger partial charge is 0.166 e. The van der Waals surface area contributed by atoms with E-state index in [2.05, 4.69) is 26.4 Å². The number of anilines is 1. The summed E-state index contributed by atoms with van der Waals surface area (Å²) in [5.74, 6) is 2.31. The molecule has 4 heterocycles. The van der Waals surface area contributed by atoms with Gasteiger partial charge in [-0.25, -0.2) is 15.0 Å². The second-order valence-corrected chi connectivity index (χ2v) is 8.17. The molecule has 0 atom stereocenters. The number of allylic oxidation sites excluding steroid dienone is 1. The number of ether oxygens (including phenoxy) is 1. The number of aliphatic imine (C=N–C) groups is 1. The Morgan fingerprint density at radius 3 is 2.44 bits per heavy atom. The number of fused-ring (bicyclic) bond motifs is 1. The van der Waals surface area contributed by atoms with Crippen molar-refractivity contribution in [2.45, 2.75) is 27.3 Å². The fourth-order valence-electron chi connectivity index (χ4n) is 4.22. The van der Waals surface area contributed by atoms with E-state index in [-0.39, 0.29) is 0 Å². The van der Waals surface area contributed by atoms with Crippen LogP contribution in [0.2, 0.25) is 0 Å². The lowest BCUT2D eigenvalue weighted by Gasteiger charge is -2.28. The lowest BCUT2D eigenvalue weighted by Crippen LogP contribution is -2.37. The number of hydrogen-bond acceptors (Lipinski definition) is 9. The molecule has 0 unspecified atom stereocenters. The highest BCUT2D eigenvalue weighted by Gasteiger charge is 2.23. The van der Waals surface area contributed by atoms with Gasteiger partial charge in [0.2, 0.25) is 0 Å². The molecule has 5 rings (SSSR count). The van der Waals surface area contributed by atoms with Crippen LogP contribution >= 0.6 is 0 Å². The molecule has 0 spiro atoms. The number of nitrogens with zero attached hydrogens (tertiary/aromatic N) is 7. The van der Waals surface area contributed by atoms with Gasteiger partial charge in [-0.2, -0.15) is 0 Å². The van der Waals surface area contributed by atoms with Crippen molar-refractivity contribution >= 4 is 28.9 Å². The summed E-state index contributed by atoms with van der Waals surface area (Å²) in [7, 11) is 2.72. The molecule has 10 heteroatoms. The first-order valence-corrected chi connectivity index (χ1v) is 13.1. The van der Waals surface area contributed by atoms with Gasteiger partial charge in [-0.15, -0.1) is 0 Å². The summed E-state index contributed by atoms with van der Waals surface area (Å²) in [6.07, 6.45) is 7.03. The summed E-state index contributed by atoms with van der Waals surface area (Å²) < 4.78 is 7.73. The van der Waals surface area contributed by atoms with Crippen molar-refractivity contribution in [1.29, 1.82) is 0 Å². The molecule has 1 aromatic carbocycles. The Bertz CT molecular complexity index is 1390. The van der Waals surface area contributed by atoms with Gasteiger partial charge in [-0.05, 0) is 36.8 Å². The second kappa shape index (κ2) is 14.7. The number of morpholine rings is 1. The maximum Gasteiger partial charge on any atom is 0.166 e. The standard InChI is InChI=1S/C26H28N8O.C2H6.CH4O/c1-3-34-24(18-7-11-29-12-8-18)30-22-25(33-13-15-35-16-14-33)31-23(32-26(22)34)20-6-4-5-19(17-20)21(27)9-10-28-2;2*1-2/h4-12,17H,3,13-16,27H2,1-2H3;1-2H3;2H,1H3/b21-9-,28-10?;;. The molecule has 1 aliphatic rings. The molecular formula is C29H38N8O2. The molecule has 1 fully saturated rings. The summed E-state index contributed by atoms with van der Waals surface area (Å²) >= 11 is 0. The van der Waals surface area contributed by atoms with E-state index in [9.17, 15) is 0 Å². The summed E-state index contributed by atoms with van der Waals surface area (Å²) in [4.78, 5) is 25.4. The van der Waals surface area contributed by atoms with Gasteiger partial charge >= 0.3 is 0 Å². The number of aromatic nitrogens is 5. The molecule has 1 saturated heterocycles. The number of hydrogen-bond donors (Lipinski definition) is 2. The van der Waals surface area contributed by atoms with Gasteiger partial charge in [-0.1, -0.05) is 32.0 Å². The van der Waals surface area contributed by atoms with Gasteiger partial charge in [0.1, 0.15) is 5.82 Å². The Balaban J connectivity index is 0.00000100. The van der Waals surface area contributed by atoms with Gasteiger partial charge in [0.25, 0.3) is 0 Å². The maximum absolute atomic E-state index is 7.00. The average Bonchev–Trinajstić information content (AvgIpc) is 3.41. The number of imidazole rings is 1. The molecule has 0 radical (unpaired) electrons. The highest BCUT2D eigenvalue weighted by Crippen LogP contribution is 2.32. The first-order chi connectivity index (χ1) is 19.2. The number of aliphatic hydroxyl groups is 1. The van der Waals surface area contributed by atoms with E-state index >= 15 is 0 Å². The van der Waals surface area contributed by atoms with Crippen molar-refractivity contribution in [3.05, 3.63) is 60.4 Å². The fraction of sp³-hybridized carbons (Fsp3) is 0.345. The van der Waals surface area contributed by atoms with Crippen molar-refractivity contribution in [2.75, 3.05) is 45.4 Å². The van der Waals surface area contributed by atoms with E-state index in [1.165, 1.54) is 0 Å². The van der Waals surface area contributed by atoms with Crippen LogP contribution in [0, 0.1) is 0 Å². The normalized spacial score (nSPS) is 13.6. The van der Waals surface area contributed by atoms with Gasteiger partial charge in [0.15, 0.2) is 22.8 Å². The van der Waals surface area contributed by atoms with E-state index in [4.69, 9.17) is 30.5 Å². The number of aryl methyl sites for hydroxylation is 1. The third kappa shape index (κ3) is 6.65. The van der Waals surface area contributed by atoms with Crippen molar-refractivity contribution in [3.63, 3.8) is 0 Å². The molecule has 1 aliphatic heterocycles. The van der Waals surface area contributed by atoms with Crippen molar-refractivity contribution in [3.8, 4) is 22.8 Å². The molecule has 0 saturated carbocycles. The molecule has 3 N–H and O–H groups in total. The van der Waals surface area contributed by atoms with Crippen LogP contribution in [0.25, 0.3) is 39.6 Å². The number of aliphatic hydroxyl groups excluding tert-OH is 1. The number of nitrogens with two attached hydrogens (primary N) is 1. The minimum atomic E-state index is 0.630. The summed E-state index contributed by atoms with van der Waals surface area (Å²) in [5, 5.41) is 7.00. The minimum absolute atomic E-state index is 0.630. The van der Waals surface area contributed by atoms with Crippen LogP contribution in [-0.2, 0) is 11.3 Å². The molecule has 4 aromatic rings. The predicted octanol–water partition coefficient (Wildman–Crippen LogP) is 4.05. The van der Waals surface area contributed by atoms with Gasteiger partial charge in [-0.3, -0.25) is 9.98 Å². The topological polar surface area (TPSA) is 128 Å². The molecule has 0 amide bonds. The lowest BCUT2D eigenvalue weighted by atomic mass is 10.1. The van der Waals surface area contributed by atoms with Crippen LogP contribution < -0.4 is 10.6 Å². The van der Waals surface area contributed by atoms with Gasteiger partial charge in [0.05, 0.1) is 13.2 Å². The van der Waals surface area contributed by atoms with E-state index in [0.717, 1.165) is 66.2 Å². The molecule has 206 valence electrons. The maximum atomic E-state index is 7.00. The Labute approximate surface area is 229 Å². The van der Waals surface area contributed by atoms with Crippen LogP contribution in [0.1, 0.15) is 26.3 Å². The Hall–Kier alpha value is -4.15. The zero-order chi connectivity index (χ0) is 28.2.